The maximum atomic E-state index is 12.8. The molecule has 0 aliphatic heterocycles. The van der Waals surface area contributed by atoms with Crippen LogP contribution in [0.25, 0.3) is 0 Å². The molecule has 1 unspecified atom stereocenters. The van der Waals surface area contributed by atoms with Gasteiger partial charge in [-0.3, -0.25) is 9.35 Å². The third-order valence-corrected chi connectivity index (χ3v) is 5.21. The van der Waals surface area contributed by atoms with Crippen LogP contribution in [0, 0.1) is 5.41 Å². The number of carbonyl (C=O) groups excluding carboxylic acids is 3. The van der Waals surface area contributed by atoms with E-state index in [1.807, 2.05) is 6.92 Å². The Balaban J connectivity index is 0. The van der Waals surface area contributed by atoms with Crippen molar-refractivity contribution in [3.05, 3.63) is 24.3 Å². The molecule has 0 aromatic carbocycles. The van der Waals surface area contributed by atoms with E-state index >= 15 is 0 Å². The molecule has 0 amide bonds. The number of esters is 3. The Labute approximate surface area is 220 Å². The predicted molar refractivity (Wildman–Crippen MR) is 113 cm³/mol. The van der Waals surface area contributed by atoms with Crippen molar-refractivity contribution in [2.24, 2.45) is 5.41 Å². The van der Waals surface area contributed by atoms with E-state index in [1.54, 1.807) is 0 Å². The molecule has 0 aliphatic carbocycles. The SMILES string of the molecule is C=C(C)C(=O)OCC(CCCC)(COC(=O)C(=C)C)C(=O)OCC(C)S(=O)(=O)O.[KH]. The second kappa shape index (κ2) is 14.5. The topological polar surface area (TPSA) is 133 Å². The van der Waals surface area contributed by atoms with Crippen LogP contribution in [0.5, 0.6) is 0 Å². The molecule has 168 valence electrons. The average Bonchev–Trinajstić information content (AvgIpc) is 2.63. The summed E-state index contributed by atoms with van der Waals surface area (Å²) in [6.45, 7) is 11.3. The van der Waals surface area contributed by atoms with E-state index in [-0.39, 0.29) is 69.0 Å². The van der Waals surface area contributed by atoms with Gasteiger partial charge in [0.05, 0.1) is 0 Å². The molecule has 0 aromatic rings. The van der Waals surface area contributed by atoms with Crippen LogP contribution in [0.2, 0.25) is 0 Å². The summed E-state index contributed by atoms with van der Waals surface area (Å²) in [5.41, 5.74) is -1.33. The first-order valence-electron chi connectivity index (χ1n) is 9.05. The molecule has 30 heavy (non-hydrogen) atoms. The van der Waals surface area contributed by atoms with Crippen LogP contribution in [0.4, 0.5) is 0 Å². The summed E-state index contributed by atoms with van der Waals surface area (Å²) in [7, 11) is -4.41. The van der Waals surface area contributed by atoms with E-state index in [0.717, 1.165) is 0 Å². The van der Waals surface area contributed by atoms with E-state index in [2.05, 4.69) is 13.2 Å². The molecule has 0 aliphatic rings. The molecule has 0 heterocycles. The molecule has 9 nitrogen and oxygen atoms in total. The van der Waals surface area contributed by atoms with E-state index in [9.17, 15) is 22.8 Å². The fraction of sp³-hybridized carbons (Fsp3) is 0.632. The van der Waals surface area contributed by atoms with Gasteiger partial charge >= 0.3 is 69.3 Å². The molecule has 0 aromatic heterocycles. The summed E-state index contributed by atoms with van der Waals surface area (Å²) in [4.78, 5) is 36.5. The Morgan fingerprint density at radius 3 is 1.77 bits per heavy atom. The number of hydrogen-bond acceptors (Lipinski definition) is 8. The van der Waals surface area contributed by atoms with Crippen LogP contribution >= 0.6 is 0 Å². The molecule has 0 saturated heterocycles. The number of carbonyl (C=O) groups is 3. The van der Waals surface area contributed by atoms with Crippen LogP contribution in [0.1, 0.15) is 47.0 Å². The van der Waals surface area contributed by atoms with Crippen molar-refractivity contribution in [2.75, 3.05) is 19.8 Å². The Kier molecular flexibility index (Phi) is 15.3. The van der Waals surface area contributed by atoms with E-state index in [4.69, 9.17) is 18.8 Å². The summed E-state index contributed by atoms with van der Waals surface area (Å²) >= 11 is 0. The molecular formula is C19H31KO9S. The van der Waals surface area contributed by atoms with Gasteiger partial charge in [0.2, 0.25) is 0 Å². The van der Waals surface area contributed by atoms with Gasteiger partial charge in [-0.2, -0.15) is 8.42 Å². The van der Waals surface area contributed by atoms with Crippen molar-refractivity contribution in [1.29, 1.82) is 0 Å². The Morgan fingerprint density at radius 2 is 1.43 bits per heavy atom. The van der Waals surface area contributed by atoms with Crippen LogP contribution in [-0.2, 0) is 38.7 Å². The predicted octanol–water partition coefficient (Wildman–Crippen LogP) is 1.57. The zero-order chi connectivity index (χ0) is 22.8. The fourth-order valence-electron chi connectivity index (χ4n) is 2.01. The Bertz CT molecular complexity index is 713. The van der Waals surface area contributed by atoms with Gasteiger partial charge in [-0.05, 0) is 27.2 Å². The first-order chi connectivity index (χ1) is 13.3. The number of ether oxygens (including phenoxy) is 3. The molecular weight excluding hydrogens is 443 g/mol. The van der Waals surface area contributed by atoms with Crippen molar-refractivity contribution in [2.45, 2.75) is 52.2 Å². The average molecular weight is 475 g/mol. The fourth-order valence-corrected chi connectivity index (χ4v) is 2.25. The molecule has 0 fully saturated rings. The standard InChI is InChI=1S/C19H30O9S.K.H/c1-7-8-9-19(11-27-16(20)13(2)3,12-28-17(21)14(4)5)18(22)26-10-15(6)29(23,24)25;;/h15H,2,4,7-12H2,1,3,5-6H3,(H,23,24,25);;. The third-order valence-electron chi connectivity index (χ3n) is 4.06. The number of hydrogen-bond donors (Lipinski definition) is 1. The van der Waals surface area contributed by atoms with E-state index in [1.165, 1.54) is 20.8 Å². The van der Waals surface area contributed by atoms with Crippen LogP contribution < -0.4 is 0 Å². The van der Waals surface area contributed by atoms with Crippen molar-refractivity contribution < 1.29 is 41.6 Å². The van der Waals surface area contributed by atoms with Crippen molar-refractivity contribution in [1.82, 2.24) is 0 Å². The third kappa shape index (κ3) is 11.2. The molecule has 0 radical (unpaired) electrons. The first-order valence-corrected chi connectivity index (χ1v) is 10.6. The molecule has 0 saturated carbocycles. The zero-order valence-electron chi connectivity index (χ0n) is 17.4. The molecule has 0 spiro atoms. The van der Waals surface area contributed by atoms with Gasteiger partial charge in [-0.15, -0.1) is 0 Å². The minimum absolute atomic E-state index is 0. The van der Waals surface area contributed by atoms with Crippen molar-refractivity contribution in [3.8, 4) is 0 Å². The normalized spacial score (nSPS) is 12.2. The van der Waals surface area contributed by atoms with Gasteiger partial charge < -0.3 is 14.2 Å². The maximum absolute atomic E-state index is 12.8. The quantitative estimate of drug-likeness (QED) is 0.139. The van der Waals surface area contributed by atoms with Gasteiger partial charge in [0.15, 0.2) is 0 Å². The summed E-state index contributed by atoms with van der Waals surface area (Å²) in [6.07, 6.45) is 1.34. The second-order valence-electron chi connectivity index (χ2n) is 7.02. The number of unbranched alkanes of at least 4 members (excludes halogenated alkanes) is 1. The molecule has 0 bridgehead atoms. The molecule has 0 rings (SSSR count). The van der Waals surface area contributed by atoms with Crippen LogP contribution in [-0.4, -0.2) is 107 Å². The zero-order valence-corrected chi connectivity index (χ0v) is 18.2. The van der Waals surface area contributed by atoms with Gasteiger partial charge in [0.25, 0.3) is 10.1 Å². The summed E-state index contributed by atoms with van der Waals surface area (Å²) in [6, 6.07) is 0. The van der Waals surface area contributed by atoms with Gasteiger partial charge in [-0.25, -0.2) is 9.59 Å². The number of rotatable bonds is 13. The van der Waals surface area contributed by atoms with E-state index < -0.39 is 58.5 Å². The van der Waals surface area contributed by atoms with Crippen LogP contribution in [0.3, 0.4) is 0 Å². The Morgan fingerprint density at radius 1 is 1.00 bits per heavy atom. The van der Waals surface area contributed by atoms with Crippen LogP contribution in [0.15, 0.2) is 24.3 Å². The molecule has 11 heteroatoms. The summed E-state index contributed by atoms with van der Waals surface area (Å²) < 4.78 is 46.7. The molecule has 1 N–H and O–H groups in total. The first kappa shape index (κ1) is 31.6. The van der Waals surface area contributed by atoms with Crippen molar-refractivity contribution in [3.63, 3.8) is 0 Å². The second-order valence-corrected chi connectivity index (χ2v) is 8.86. The van der Waals surface area contributed by atoms with Gasteiger partial charge in [-0.1, -0.05) is 32.9 Å². The van der Waals surface area contributed by atoms with Gasteiger partial charge in [0, 0.05) is 11.1 Å². The Hall–Kier alpha value is -0.564. The van der Waals surface area contributed by atoms with Gasteiger partial charge in [0.1, 0.15) is 30.5 Å². The van der Waals surface area contributed by atoms with E-state index in [0.29, 0.717) is 12.8 Å². The monoisotopic (exact) mass is 474 g/mol. The minimum atomic E-state index is -4.41. The van der Waals surface area contributed by atoms with Crippen molar-refractivity contribution >= 4 is 79.4 Å². The molecule has 1 atom stereocenters. The summed E-state index contributed by atoms with van der Waals surface area (Å²) in [5.74, 6) is -2.39. The summed E-state index contributed by atoms with van der Waals surface area (Å²) in [5, 5.41) is -1.36.